The molecule has 1 aromatic heterocycles. The van der Waals surface area contributed by atoms with Crippen LogP contribution in [0.25, 0.3) is 11.4 Å². The van der Waals surface area contributed by atoms with E-state index < -0.39 is 0 Å². The normalized spacial score (nSPS) is 10.6. The van der Waals surface area contributed by atoms with Gasteiger partial charge in [-0.15, -0.1) is 11.6 Å². The van der Waals surface area contributed by atoms with Gasteiger partial charge >= 0.3 is 0 Å². The predicted molar refractivity (Wildman–Crippen MR) is 64.7 cm³/mol. The molecule has 0 N–H and O–H groups in total. The Morgan fingerprint density at radius 3 is 2.73 bits per heavy atom. The van der Waals surface area contributed by atoms with Crippen LogP contribution in [-0.4, -0.2) is 10.1 Å². The summed E-state index contributed by atoms with van der Waals surface area (Å²) >= 11 is 12.4. The van der Waals surface area contributed by atoms with Gasteiger partial charge < -0.3 is 4.52 Å². The molecule has 0 spiro atoms. The fourth-order valence-corrected chi connectivity index (χ4v) is 2.42. The number of rotatable bonds is 2. The zero-order valence-electron chi connectivity index (χ0n) is 7.38. The van der Waals surface area contributed by atoms with Crippen molar-refractivity contribution in [2.75, 3.05) is 0 Å². The van der Waals surface area contributed by atoms with Crippen LogP contribution < -0.4 is 0 Å². The van der Waals surface area contributed by atoms with Gasteiger partial charge in [0.1, 0.15) is 5.88 Å². The summed E-state index contributed by atoms with van der Waals surface area (Å²) in [6.45, 7) is 0. The summed E-state index contributed by atoms with van der Waals surface area (Å²) in [4.78, 5) is 4.13. The average molecular weight is 352 g/mol. The highest BCUT2D eigenvalue weighted by Crippen LogP contribution is 2.28. The van der Waals surface area contributed by atoms with Crippen LogP contribution in [0.2, 0.25) is 0 Å². The Morgan fingerprint density at radius 2 is 2.13 bits per heavy atom. The molecule has 0 saturated heterocycles. The van der Waals surface area contributed by atoms with E-state index in [9.17, 15) is 0 Å². The summed E-state index contributed by atoms with van der Waals surface area (Å²) in [6, 6.07) is 5.74. The minimum absolute atomic E-state index is 0.223. The third-order valence-electron chi connectivity index (χ3n) is 1.75. The van der Waals surface area contributed by atoms with Crippen LogP contribution in [0.15, 0.2) is 31.7 Å². The molecular formula is C9H5Br2ClN2O. The molecule has 0 radical (unpaired) electrons. The van der Waals surface area contributed by atoms with E-state index in [0.717, 1.165) is 14.5 Å². The monoisotopic (exact) mass is 350 g/mol. The van der Waals surface area contributed by atoms with Crippen molar-refractivity contribution in [3.05, 3.63) is 33.0 Å². The van der Waals surface area contributed by atoms with E-state index in [0.29, 0.717) is 11.7 Å². The fraction of sp³-hybridized carbons (Fsp3) is 0.111. The van der Waals surface area contributed by atoms with E-state index in [1.807, 2.05) is 18.2 Å². The van der Waals surface area contributed by atoms with Gasteiger partial charge in [-0.3, -0.25) is 0 Å². The molecule has 3 nitrogen and oxygen atoms in total. The molecule has 2 aromatic rings. The van der Waals surface area contributed by atoms with Gasteiger partial charge in [0.2, 0.25) is 11.7 Å². The third kappa shape index (κ3) is 2.41. The average Bonchev–Trinajstić information content (AvgIpc) is 2.66. The molecule has 1 aromatic carbocycles. The number of benzene rings is 1. The van der Waals surface area contributed by atoms with Crippen LogP contribution in [0.4, 0.5) is 0 Å². The summed E-state index contributed by atoms with van der Waals surface area (Å²) in [6.07, 6.45) is 0. The molecule has 0 saturated carbocycles. The van der Waals surface area contributed by atoms with Gasteiger partial charge in [-0.2, -0.15) is 4.98 Å². The Labute approximate surface area is 108 Å². The van der Waals surface area contributed by atoms with Crippen LogP contribution in [0.3, 0.4) is 0 Å². The first-order valence-electron chi connectivity index (χ1n) is 4.04. The van der Waals surface area contributed by atoms with Crippen molar-refractivity contribution in [3.63, 3.8) is 0 Å². The second-order valence-corrected chi connectivity index (χ2v) is 4.81. The lowest BCUT2D eigenvalue weighted by molar-refractivity contribution is 0.391. The van der Waals surface area contributed by atoms with Crippen LogP contribution in [-0.2, 0) is 5.88 Å². The molecule has 2 rings (SSSR count). The number of hydrogen-bond acceptors (Lipinski definition) is 3. The van der Waals surface area contributed by atoms with Gasteiger partial charge in [-0.25, -0.2) is 0 Å². The lowest BCUT2D eigenvalue weighted by Gasteiger charge is -1.98. The summed E-state index contributed by atoms with van der Waals surface area (Å²) in [7, 11) is 0. The quantitative estimate of drug-likeness (QED) is 0.767. The standard InChI is InChI=1S/C9H5Br2ClN2O/c10-5-1-2-6(7(11)3-5)9-13-8(4-12)15-14-9/h1-3H,4H2. The summed E-state index contributed by atoms with van der Waals surface area (Å²) in [5.41, 5.74) is 0.873. The van der Waals surface area contributed by atoms with E-state index in [1.54, 1.807) is 0 Å². The molecule has 78 valence electrons. The predicted octanol–water partition coefficient (Wildman–Crippen LogP) is 4.00. The van der Waals surface area contributed by atoms with Crippen molar-refractivity contribution in [3.8, 4) is 11.4 Å². The van der Waals surface area contributed by atoms with Gasteiger partial charge in [0.05, 0.1) is 0 Å². The van der Waals surface area contributed by atoms with Crippen molar-refractivity contribution in [2.45, 2.75) is 5.88 Å². The Kier molecular flexibility index (Phi) is 3.43. The molecule has 6 heteroatoms. The SMILES string of the molecule is ClCc1nc(-c2ccc(Br)cc2Br)no1. The number of halogens is 3. The minimum atomic E-state index is 0.223. The van der Waals surface area contributed by atoms with Gasteiger partial charge in [-0.1, -0.05) is 21.1 Å². The molecule has 0 aliphatic rings. The first-order valence-corrected chi connectivity index (χ1v) is 6.16. The topological polar surface area (TPSA) is 38.9 Å². The number of nitrogens with zero attached hydrogens (tertiary/aromatic N) is 2. The van der Waals surface area contributed by atoms with Gasteiger partial charge in [0, 0.05) is 14.5 Å². The molecule has 15 heavy (non-hydrogen) atoms. The van der Waals surface area contributed by atoms with Gasteiger partial charge in [-0.05, 0) is 34.1 Å². The fourth-order valence-electron chi connectivity index (χ4n) is 1.09. The molecule has 0 atom stereocenters. The molecule has 0 unspecified atom stereocenters. The summed E-state index contributed by atoms with van der Waals surface area (Å²) in [5, 5.41) is 3.83. The summed E-state index contributed by atoms with van der Waals surface area (Å²) < 4.78 is 6.81. The Balaban J connectivity index is 2.44. The van der Waals surface area contributed by atoms with E-state index >= 15 is 0 Å². The van der Waals surface area contributed by atoms with Crippen molar-refractivity contribution < 1.29 is 4.52 Å². The molecule has 0 amide bonds. The highest BCUT2D eigenvalue weighted by atomic mass is 79.9. The Hall–Kier alpha value is -0.390. The van der Waals surface area contributed by atoms with Crippen LogP contribution in [0.1, 0.15) is 5.89 Å². The van der Waals surface area contributed by atoms with E-state index in [4.69, 9.17) is 16.1 Å². The van der Waals surface area contributed by atoms with Gasteiger partial charge in [0.15, 0.2) is 0 Å². The number of hydrogen-bond donors (Lipinski definition) is 0. The first-order chi connectivity index (χ1) is 7.20. The molecule has 1 heterocycles. The number of aromatic nitrogens is 2. The lowest BCUT2D eigenvalue weighted by Crippen LogP contribution is -1.83. The van der Waals surface area contributed by atoms with E-state index in [1.165, 1.54) is 0 Å². The largest absolute Gasteiger partial charge is 0.338 e. The minimum Gasteiger partial charge on any atom is -0.338 e. The maximum absolute atomic E-state index is 5.58. The van der Waals surface area contributed by atoms with E-state index in [2.05, 4.69) is 42.0 Å². The first kappa shape index (κ1) is 11.1. The third-order valence-corrected chi connectivity index (χ3v) is 3.13. The highest BCUT2D eigenvalue weighted by Gasteiger charge is 2.10. The van der Waals surface area contributed by atoms with Crippen LogP contribution in [0.5, 0.6) is 0 Å². The van der Waals surface area contributed by atoms with Crippen molar-refractivity contribution in [2.24, 2.45) is 0 Å². The molecule has 0 aliphatic heterocycles. The van der Waals surface area contributed by atoms with E-state index in [-0.39, 0.29) is 5.88 Å². The molecular weight excluding hydrogens is 347 g/mol. The second-order valence-electron chi connectivity index (χ2n) is 2.77. The molecule has 0 aliphatic carbocycles. The van der Waals surface area contributed by atoms with Crippen molar-refractivity contribution in [1.29, 1.82) is 0 Å². The maximum atomic E-state index is 5.58. The Bertz CT molecular complexity index is 487. The van der Waals surface area contributed by atoms with Crippen LogP contribution in [0, 0.1) is 0 Å². The van der Waals surface area contributed by atoms with Crippen molar-refractivity contribution in [1.82, 2.24) is 10.1 Å². The van der Waals surface area contributed by atoms with Gasteiger partial charge in [0.25, 0.3) is 0 Å². The smallest absolute Gasteiger partial charge is 0.241 e. The molecule has 0 fully saturated rings. The van der Waals surface area contributed by atoms with Crippen LogP contribution >= 0.6 is 43.5 Å². The zero-order chi connectivity index (χ0) is 10.8. The summed E-state index contributed by atoms with van der Waals surface area (Å²) in [5.74, 6) is 1.17. The zero-order valence-corrected chi connectivity index (χ0v) is 11.3. The van der Waals surface area contributed by atoms with Crippen molar-refractivity contribution >= 4 is 43.5 Å². The maximum Gasteiger partial charge on any atom is 0.241 e. The second kappa shape index (κ2) is 4.63. The number of alkyl halides is 1. The highest BCUT2D eigenvalue weighted by molar-refractivity contribution is 9.11. The molecule has 0 bridgehead atoms. The Morgan fingerprint density at radius 1 is 1.33 bits per heavy atom. The lowest BCUT2D eigenvalue weighted by atomic mass is 10.2.